The topological polar surface area (TPSA) is 126 Å². The quantitative estimate of drug-likeness (QED) is 0.486. The summed E-state index contributed by atoms with van der Waals surface area (Å²) in [4.78, 5) is 8.56. The van der Waals surface area contributed by atoms with E-state index in [4.69, 9.17) is 10.2 Å². The van der Waals surface area contributed by atoms with Gasteiger partial charge in [0.05, 0.1) is 17.7 Å². The third-order valence-corrected chi connectivity index (χ3v) is 6.42. The second kappa shape index (κ2) is 8.93. The van der Waals surface area contributed by atoms with Crippen molar-refractivity contribution < 1.29 is 12.8 Å². The van der Waals surface area contributed by atoms with Gasteiger partial charge in [-0.3, -0.25) is 0 Å². The zero-order valence-electron chi connectivity index (χ0n) is 16.3. The number of anilines is 4. The van der Waals surface area contributed by atoms with Gasteiger partial charge in [0.2, 0.25) is 10.0 Å². The first kappa shape index (κ1) is 20.6. The molecule has 0 radical (unpaired) electrons. The maximum Gasteiger partial charge on any atom is 0.243 e. The lowest BCUT2D eigenvalue weighted by atomic mass is 10.3. The van der Waals surface area contributed by atoms with Gasteiger partial charge in [0.25, 0.3) is 0 Å². The molecular formula is C19H24N6O3S. The van der Waals surface area contributed by atoms with Crippen LogP contribution in [0.3, 0.4) is 0 Å². The molecule has 0 amide bonds. The molecule has 0 saturated heterocycles. The van der Waals surface area contributed by atoms with Gasteiger partial charge in [-0.05, 0) is 36.4 Å². The largest absolute Gasteiger partial charge is 0.467 e. The number of hydrogen-bond donors (Lipinski definition) is 3. The lowest BCUT2D eigenvalue weighted by molar-refractivity contribution is 0.445. The zero-order chi connectivity index (χ0) is 20.9. The van der Waals surface area contributed by atoms with Crippen molar-refractivity contribution >= 4 is 33.0 Å². The molecule has 1 aromatic carbocycles. The Labute approximate surface area is 170 Å². The van der Waals surface area contributed by atoms with E-state index in [0.717, 1.165) is 5.76 Å². The van der Waals surface area contributed by atoms with Gasteiger partial charge >= 0.3 is 0 Å². The molecule has 0 unspecified atom stereocenters. The predicted octanol–water partition coefficient (Wildman–Crippen LogP) is 3.04. The van der Waals surface area contributed by atoms with Gasteiger partial charge in [-0.1, -0.05) is 13.8 Å². The molecule has 2 aromatic heterocycles. The number of hydrogen-bond acceptors (Lipinski definition) is 8. The number of benzene rings is 1. The van der Waals surface area contributed by atoms with E-state index >= 15 is 0 Å². The van der Waals surface area contributed by atoms with Crippen LogP contribution in [0.4, 0.5) is 23.0 Å². The first-order valence-corrected chi connectivity index (χ1v) is 10.6. The zero-order valence-corrected chi connectivity index (χ0v) is 17.1. The number of nitrogen functional groups attached to an aromatic ring is 1. The average Bonchev–Trinajstić information content (AvgIpc) is 3.23. The summed E-state index contributed by atoms with van der Waals surface area (Å²) < 4.78 is 31.9. The van der Waals surface area contributed by atoms with Crippen molar-refractivity contribution in [3.8, 4) is 0 Å². The van der Waals surface area contributed by atoms with Crippen molar-refractivity contribution in [2.75, 3.05) is 29.5 Å². The van der Waals surface area contributed by atoms with Crippen LogP contribution in [0.15, 0.2) is 58.3 Å². The standard InChI is InChI=1S/C19H24N6O3S/c1-3-25(4-2)29(26,27)16-9-7-14(8-10-16)24-19-17(20)18(22-13-23-19)21-12-15-6-5-11-28-15/h5-11,13H,3-4,12,20H2,1-2H3,(H2,21,22,23,24). The maximum atomic E-state index is 12.6. The molecule has 0 aliphatic carbocycles. The summed E-state index contributed by atoms with van der Waals surface area (Å²) in [5, 5.41) is 6.19. The minimum absolute atomic E-state index is 0.239. The highest BCUT2D eigenvalue weighted by Gasteiger charge is 2.21. The molecule has 9 nitrogen and oxygen atoms in total. The van der Waals surface area contributed by atoms with Crippen molar-refractivity contribution in [3.05, 3.63) is 54.7 Å². The molecule has 0 bridgehead atoms. The Kier molecular flexibility index (Phi) is 6.35. The number of sulfonamides is 1. The molecule has 4 N–H and O–H groups in total. The summed E-state index contributed by atoms with van der Waals surface area (Å²) >= 11 is 0. The number of aromatic nitrogens is 2. The highest BCUT2D eigenvalue weighted by molar-refractivity contribution is 7.89. The van der Waals surface area contributed by atoms with Gasteiger partial charge in [-0.25, -0.2) is 18.4 Å². The van der Waals surface area contributed by atoms with Crippen molar-refractivity contribution in [2.24, 2.45) is 0 Å². The fourth-order valence-corrected chi connectivity index (χ4v) is 4.24. The monoisotopic (exact) mass is 416 g/mol. The van der Waals surface area contributed by atoms with Crippen molar-refractivity contribution in [2.45, 2.75) is 25.3 Å². The van der Waals surface area contributed by atoms with Gasteiger partial charge in [0.15, 0.2) is 11.6 Å². The fourth-order valence-electron chi connectivity index (χ4n) is 2.78. The van der Waals surface area contributed by atoms with E-state index < -0.39 is 10.0 Å². The summed E-state index contributed by atoms with van der Waals surface area (Å²) in [6, 6.07) is 10.1. The molecular weight excluding hydrogens is 392 g/mol. The molecule has 29 heavy (non-hydrogen) atoms. The van der Waals surface area contributed by atoms with Crippen LogP contribution in [0.25, 0.3) is 0 Å². The minimum atomic E-state index is -3.50. The lowest BCUT2D eigenvalue weighted by Crippen LogP contribution is -2.30. The van der Waals surface area contributed by atoms with Crippen LogP contribution in [0, 0.1) is 0 Å². The smallest absolute Gasteiger partial charge is 0.243 e. The second-order valence-electron chi connectivity index (χ2n) is 6.16. The average molecular weight is 417 g/mol. The van der Waals surface area contributed by atoms with Gasteiger partial charge in [-0.2, -0.15) is 4.31 Å². The summed E-state index contributed by atoms with van der Waals surface area (Å²) in [5.74, 6) is 1.64. The van der Waals surface area contributed by atoms with Crippen LogP contribution in [-0.4, -0.2) is 35.8 Å². The number of furan rings is 1. The molecule has 10 heteroatoms. The Morgan fingerprint density at radius 1 is 1.07 bits per heavy atom. The molecule has 154 valence electrons. The minimum Gasteiger partial charge on any atom is -0.467 e. The van der Waals surface area contributed by atoms with Crippen LogP contribution < -0.4 is 16.4 Å². The van der Waals surface area contributed by atoms with Crippen molar-refractivity contribution in [3.63, 3.8) is 0 Å². The Bertz CT molecular complexity index is 1030. The lowest BCUT2D eigenvalue weighted by Gasteiger charge is -2.18. The van der Waals surface area contributed by atoms with Crippen LogP contribution in [0.1, 0.15) is 19.6 Å². The van der Waals surface area contributed by atoms with E-state index in [0.29, 0.717) is 42.6 Å². The molecule has 3 rings (SSSR count). The molecule has 0 fully saturated rings. The van der Waals surface area contributed by atoms with Gasteiger partial charge in [0, 0.05) is 18.8 Å². The molecule has 0 saturated carbocycles. The molecule has 2 heterocycles. The van der Waals surface area contributed by atoms with E-state index in [1.807, 2.05) is 19.9 Å². The SMILES string of the molecule is CCN(CC)S(=O)(=O)c1ccc(Nc2ncnc(NCc3ccco3)c2N)cc1. The van der Waals surface area contributed by atoms with E-state index in [1.165, 1.54) is 10.6 Å². The van der Waals surface area contributed by atoms with Crippen LogP contribution in [0.2, 0.25) is 0 Å². The van der Waals surface area contributed by atoms with E-state index in [2.05, 4.69) is 20.6 Å². The van der Waals surface area contributed by atoms with Crippen molar-refractivity contribution in [1.82, 2.24) is 14.3 Å². The van der Waals surface area contributed by atoms with Crippen LogP contribution in [-0.2, 0) is 16.6 Å². The Morgan fingerprint density at radius 2 is 1.76 bits per heavy atom. The maximum absolute atomic E-state index is 12.6. The molecule has 0 atom stereocenters. The molecule has 0 aliphatic rings. The molecule has 0 aliphatic heterocycles. The van der Waals surface area contributed by atoms with Crippen LogP contribution >= 0.6 is 0 Å². The normalized spacial score (nSPS) is 11.6. The first-order chi connectivity index (χ1) is 14.0. The first-order valence-electron chi connectivity index (χ1n) is 9.19. The molecule has 0 spiro atoms. The number of nitrogens with zero attached hydrogens (tertiary/aromatic N) is 3. The third kappa shape index (κ3) is 4.66. The number of rotatable bonds is 9. The third-order valence-electron chi connectivity index (χ3n) is 4.35. The van der Waals surface area contributed by atoms with E-state index in [-0.39, 0.29) is 4.90 Å². The number of nitrogens with two attached hydrogens (primary N) is 1. The van der Waals surface area contributed by atoms with Gasteiger partial charge < -0.3 is 20.8 Å². The van der Waals surface area contributed by atoms with Crippen LogP contribution in [0.5, 0.6) is 0 Å². The fraction of sp³-hybridized carbons (Fsp3) is 0.263. The van der Waals surface area contributed by atoms with Gasteiger partial charge in [0.1, 0.15) is 17.8 Å². The van der Waals surface area contributed by atoms with Gasteiger partial charge in [-0.15, -0.1) is 0 Å². The summed E-state index contributed by atoms with van der Waals surface area (Å²) in [6.45, 7) is 4.90. The summed E-state index contributed by atoms with van der Waals surface area (Å²) in [7, 11) is -3.50. The highest BCUT2D eigenvalue weighted by Crippen LogP contribution is 2.27. The highest BCUT2D eigenvalue weighted by atomic mass is 32.2. The Balaban J connectivity index is 1.74. The number of nitrogens with one attached hydrogen (secondary N) is 2. The van der Waals surface area contributed by atoms with E-state index in [9.17, 15) is 8.42 Å². The van der Waals surface area contributed by atoms with Crippen molar-refractivity contribution in [1.29, 1.82) is 0 Å². The molecule has 3 aromatic rings. The predicted molar refractivity (Wildman–Crippen MR) is 112 cm³/mol. The Hall–Kier alpha value is -3.11. The Morgan fingerprint density at radius 3 is 2.38 bits per heavy atom. The van der Waals surface area contributed by atoms with E-state index in [1.54, 1.807) is 36.6 Å². The summed E-state index contributed by atoms with van der Waals surface area (Å²) in [5.41, 5.74) is 7.17. The summed E-state index contributed by atoms with van der Waals surface area (Å²) in [6.07, 6.45) is 2.99. The second-order valence-corrected chi connectivity index (χ2v) is 8.09.